The van der Waals surface area contributed by atoms with Gasteiger partial charge >= 0.3 is 21.5 Å². The van der Waals surface area contributed by atoms with Crippen LogP contribution in [0.4, 0.5) is 22.0 Å². The number of methoxy groups -OCH3 is 1. The van der Waals surface area contributed by atoms with Crippen LogP contribution in [0.15, 0.2) is 18.2 Å². The lowest BCUT2D eigenvalue weighted by Gasteiger charge is -2.27. The van der Waals surface area contributed by atoms with E-state index in [-0.39, 0.29) is 5.75 Å². The maximum atomic E-state index is 13.4. The van der Waals surface area contributed by atoms with E-state index in [0.29, 0.717) is 3.57 Å². The van der Waals surface area contributed by atoms with E-state index in [0.717, 1.165) is 17.4 Å². The Labute approximate surface area is 146 Å². The van der Waals surface area contributed by atoms with Crippen molar-refractivity contribution in [1.82, 2.24) is 5.32 Å². The van der Waals surface area contributed by atoms with E-state index in [1.807, 2.05) is 0 Å². The molecule has 1 amide bonds. The second-order valence-corrected chi connectivity index (χ2v) is 6.99. The Bertz CT molecular complexity index is 737. The molecule has 1 aromatic rings. The number of ether oxygens (including phenoxy) is 1. The van der Waals surface area contributed by atoms with Crippen molar-refractivity contribution in [2.24, 2.45) is 0 Å². The second kappa shape index (κ2) is 6.95. The number of hydrogen-bond acceptors (Lipinski definition) is 4. The Morgan fingerprint density at radius 2 is 1.83 bits per heavy atom. The van der Waals surface area contributed by atoms with Crippen LogP contribution in [0.5, 0.6) is 5.75 Å². The highest BCUT2D eigenvalue weighted by atomic mass is 127. The fourth-order valence-electron chi connectivity index (χ4n) is 1.52. The van der Waals surface area contributed by atoms with Crippen LogP contribution in [-0.4, -0.2) is 43.5 Å². The average molecular weight is 489 g/mol. The Morgan fingerprint density at radius 3 is 2.25 bits per heavy atom. The first kappa shape index (κ1) is 20.8. The van der Waals surface area contributed by atoms with Crippen molar-refractivity contribution in [3.8, 4) is 5.75 Å². The van der Waals surface area contributed by atoms with Gasteiger partial charge in [0.2, 0.25) is 6.04 Å². The molecule has 1 atom stereocenters. The average Bonchev–Trinajstić information content (AvgIpc) is 2.42. The molecular formula is C11H9F5INO5S. The molecule has 0 aromatic heterocycles. The summed E-state index contributed by atoms with van der Waals surface area (Å²) in [6, 6.07) is -0.857. The van der Waals surface area contributed by atoms with Gasteiger partial charge in [0.1, 0.15) is 5.75 Å². The number of carbonyl (C=O) groups is 1. The van der Waals surface area contributed by atoms with Crippen molar-refractivity contribution in [2.75, 3.05) is 7.11 Å². The topological polar surface area (TPSA) is 92.7 Å². The Hall–Kier alpha value is -1.22. The Kier molecular flexibility index (Phi) is 6.03. The lowest BCUT2D eigenvalue weighted by Crippen LogP contribution is -2.59. The highest BCUT2D eigenvalue weighted by molar-refractivity contribution is 14.1. The molecule has 6 nitrogen and oxygen atoms in total. The summed E-state index contributed by atoms with van der Waals surface area (Å²) in [5.74, 6) is -1.54. The molecule has 1 rings (SSSR count). The van der Waals surface area contributed by atoms with Crippen LogP contribution in [-0.2, 0) is 10.1 Å². The number of carbonyl (C=O) groups excluding carboxylic acids is 1. The molecule has 0 aliphatic heterocycles. The van der Waals surface area contributed by atoms with Crippen LogP contribution >= 0.6 is 22.6 Å². The van der Waals surface area contributed by atoms with E-state index in [2.05, 4.69) is 0 Å². The SMILES string of the molecule is COc1cc(C(=O)NC(C(F)(F)F)C(F)(F)S(=O)(=O)O)ccc1I. The van der Waals surface area contributed by atoms with Crippen LogP contribution in [0.3, 0.4) is 0 Å². The largest absolute Gasteiger partial charge is 0.496 e. The predicted octanol–water partition coefficient (Wildman–Crippen LogP) is 2.44. The molecule has 1 aromatic carbocycles. The third kappa shape index (κ3) is 4.44. The maximum absolute atomic E-state index is 13.4. The first-order valence-corrected chi connectivity index (χ1v) is 8.29. The van der Waals surface area contributed by atoms with Crippen molar-refractivity contribution >= 4 is 38.6 Å². The molecular weight excluding hydrogens is 480 g/mol. The van der Waals surface area contributed by atoms with Gasteiger partial charge in [0, 0.05) is 5.56 Å². The van der Waals surface area contributed by atoms with Gasteiger partial charge in [-0.15, -0.1) is 0 Å². The van der Waals surface area contributed by atoms with Gasteiger partial charge in [-0.05, 0) is 40.8 Å². The second-order valence-electron chi connectivity index (χ2n) is 4.33. The fourth-order valence-corrected chi connectivity index (χ4v) is 2.57. The minimum atomic E-state index is -6.43. The van der Waals surface area contributed by atoms with Gasteiger partial charge in [-0.25, -0.2) is 0 Å². The Balaban J connectivity index is 3.24. The van der Waals surface area contributed by atoms with E-state index in [1.54, 1.807) is 22.6 Å². The number of halogens is 6. The zero-order valence-electron chi connectivity index (χ0n) is 11.6. The summed E-state index contributed by atoms with van der Waals surface area (Å²) >= 11 is 1.79. The molecule has 0 aliphatic rings. The van der Waals surface area contributed by atoms with E-state index >= 15 is 0 Å². The van der Waals surface area contributed by atoms with Crippen molar-refractivity contribution in [3.63, 3.8) is 0 Å². The molecule has 0 aliphatic carbocycles. The first-order chi connectivity index (χ1) is 10.7. The predicted molar refractivity (Wildman–Crippen MR) is 79.5 cm³/mol. The minimum Gasteiger partial charge on any atom is -0.496 e. The summed E-state index contributed by atoms with van der Waals surface area (Å²) in [6.07, 6.45) is -5.84. The van der Waals surface area contributed by atoms with Crippen molar-refractivity contribution < 1.29 is 44.5 Å². The molecule has 0 saturated carbocycles. The lowest BCUT2D eigenvalue weighted by atomic mass is 10.2. The summed E-state index contributed by atoms with van der Waals surface area (Å²) in [7, 11) is -5.21. The molecule has 0 saturated heterocycles. The van der Waals surface area contributed by atoms with Crippen molar-refractivity contribution in [2.45, 2.75) is 17.5 Å². The van der Waals surface area contributed by atoms with Crippen molar-refractivity contribution in [3.05, 3.63) is 27.3 Å². The summed E-state index contributed by atoms with van der Waals surface area (Å²) in [5.41, 5.74) is -0.479. The number of benzene rings is 1. The van der Waals surface area contributed by atoms with Gasteiger partial charge < -0.3 is 10.1 Å². The van der Waals surface area contributed by atoms with E-state index in [1.165, 1.54) is 13.2 Å². The van der Waals surface area contributed by atoms with Crippen LogP contribution in [0.2, 0.25) is 0 Å². The molecule has 13 heteroatoms. The molecule has 0 radical (unpaired) electrons. The monoisotopic (exact) mass is 489 g/mol. The normalized spacial score (nSPS) is 14.2. The first-order valence-electron chi connectivity index (χ1n) is 5.77. The third-order valence-corrected chi connectivity index (χ3v) is 4.51. The van der Waals surface area contributed by atoms with E-state index in [4.69, 9.17) is 9.29 Å². The number of alkyl halides is 5. The summed E-state index contributed by atoms with van der Waals surface area (Å²) < 4.78 is 99.7. The highest BCUT2D eigenvalue weighted by Gasteiger charge is 2.64. The number of amides is 1. The molecule has 136 valence electrons. The van der Waals surface area contributed by atoms with Crippen LogP contribution in [0, 0.1) is 3.57 Å². The van der Waals surface area contributed by atoms with Gasteiger partial charge in [-0.1, -0.05) is 0 Å². The Morgan fingerprint density at radius 1 is 1.29 bits per heavy atom. The molecule has 0 bridgehead atoms. The minimum absolute atomic E-state index is 0.0911. The summed E-state index contributed by atoms with van der Waals surface area (Å²) in [6.45, 7) is 0. The van der Waals surface area contributed by atoms with E-state index in [9.17, 15) is 35.2 Å². The molecule has 0 heterocycles. The van der Waals surface area contributed by atoms with E-state index < -0.39 is 39.1 Å². The zero-order valence-corrected chi connectivity index (χ0v) is 14.5. The van der Waals surface area contributed by atoms with Crippen LogP contribution in [0.25, 0.3) is 0 Å². The smallest absolute Gasteiger partial charge is 0.415 e. The summed E-state index contributed by atoms with van der Waals surface area (Å²) in [4.78, 5) is 11.8. The number of hydrogen-bond donors (Lipinski definition) is 2. The van der Waals surface area contributed by atoms with Crippen molar-refractivity contribution in [1.29, 1.82) is 0 Å². The van der Waals surface area contributed by atoms with Gasteiger partial charge in [0.25, 0.3) is 5.91 Å². The molecule has 0 spiro atoms. The zero-order chi connectivity index (χ0) is 18.9. The standard InChI is InChI=1S/C11H9F5INO5S/c1-23-7-4-5(2-3-6(7)17)8(19)18-9(10(12,13)14)11(15,16)24(20,21)22/h2-4,9H,1H3,(H,18,19)(H,20,21,22). The summed E-state index contributed by atoms with van der Waals surface area (Å²) in [5, 5.41) is -4.79. The quantitative estimate of drug-likeness (QED) is 0.377. The van der Waals surface area contributed by atoms with Gasteiger partial charge in [0.15, 0.2) is 0 Å². The molecule has 1 unspecified atom stereocenters. The van der Waals surface area contributed by atoms with Crippen LogP contribution < -0.4 is 10.1 Å². The highest BCUT2D eigenvalue weighted by Crippen LogP contribution is 2.36. The number of nitrogens with one attached hydrogen (secondary N) is 1. The third-order valence-electron chi connectivity index (χ3n) is 2.70. The van der Waals surface area contributed by atoms with Crippen LogP contribution in [0.1, 0.15) is 10.4 Å². The number of rotatable bonds is 5. The molecule has 2 N–H and O–H groups in total. The fraction of sp³-hybridized carbons (Fsp3) is 0.364. The van der Waals surface area contributed by atoms with Gasteiger partial charge in [0.05, 0.1) is 10.7 Å². The molecule has 0 fully saturated rings. The maximum Gasteiger partial charge on any atom is 0.415 e. The lowest BCUT2D eigenvalue weighted by molar-refractivity contribution is -0.191. The molecule has 24 heavy (non-hydrogen) atoms. The van der Waals surface area contributed by atoms with Gasteiger partial charge in [-0.3, -0.25) is 9.35 Å². The van der Waals surface area contributed by atoms with Gasteiger partial charge in [-0.2, -0.15) is 30.4 Å².